The van der Waals surface area contributed by atoms with Crippen LogP contribution in [0.5, 0.6) is 0 Å². The lowest BCUT2D eigenvalue weighted by Gasteiger charge is -2.11. The van der Waals surface area contributed by atoms with Crippen LogP contribution in [0.15, 0.2) is 60.9 Å². The molecule has 0 N–H and O–H groups in total. The third kappa shape index (κ3) is 3.63. The average Bonchev–Trinajstić information content (AvgIpc) is 3.61. The molecule has 6 nitrogen and oxygen atoms in total. The van der Waals surface area contributed by atoms with Crippen molar-refractivity contribution in [2.24, 2.45) is 23.7 Å². The van der Waals surface area contributed by atoms with E-state index in [1.54, 1.807) is 9.13 Å². The van der Waals surface area contributed by atoms with Gasteiger partial charge < -0.3 is 0 Å². The maximum absolute atomic E-state index is 12.7. The number of rotatable bonds is 5. The number of nitrogens with zero attached hydrogens (tertiary/aromatic N) is 4. The van der Waals surface area contributed by atoms with Gasteiger partial charge in [-0.05, 0) is 23.0 Å². The maximum Gasteiger partial charge on any atom is 0.235 e. The van der Waals surface area contributed by atoms with Crippen LogP contribution < -0.4 is 0 Å². The second kappa shape index (κ2) is 8.40. The van der Waals surface area contributed by atoms with E-state index in [-0.39, 0.29) is 23.7 Å². The molecular formula is C30H30N4O2. The highest BCUT2D eigenvalue weighted by atomic mass is 16.2. The molecule has 0 radical (unpaired) electrons. The van der Waals surface area contributed by atoms with Crippen LogP contribution in [-0.4, -0.2) is 30.9 Å². The third-order valence-corrected chi connectivity index (χ3v) is 7.78. The summed E-state index contributed by atoms with van der Waals surface area (Å²) in [5.74, 6) is 2.75. The van der Waals surface area contributed by atoms with E-state index in [0.29, 0.717) is 24.7 Å². The highest BCUT2D eigenvalue weighted by Gasteiger charge is 2.35. The van der Waals surface area contributed by atoms with Gasteiger partial charge in [-0.15, -0.1) is 0 Å². The van der Waals surface area contributed by atoms with Crippen molar-refractivity contribution in [1.82, 2.24) is 19.1 Å². The largest absolute Gasteiger partial charge is 0.274 e. The SMILES string of the molecule is CC(C)C1Cc2nc(-c3ccc(-c4ccc(-c5cn6c(n5)CC(C(C)C)C6=O)cc4)cc3)cn2C1=O. The van der Waals surface area contributed by atoms with Crippen molar-refractivity contribution in [2.75, 3.05) is 0 Å². The quantitative estimate of drug-likeness (QED) is 0.352. The molecule has 2 aromatic heterocycles. The lowest BCUT2D eigenvalue weighted by Crippen LogP contribution is -2.19. The predicted molar refractivity (Wildman–Crippen MR) is 140 cm³/mol. The van der Waals surface area contributed by atoms with Gasteiger partial charge in [0.1, 0.15) is 11.6 Å². The van der Waals surface area contributed by atoms with Gasteiger partial charge in [0.05, 0.1) is 11.4 Å². The fourth-order valence-corrected chi connectivity index (χ4v) is 5.42. The van der Waals surface area contributed by atoms with E-state index in [0.717, 1.165) is 45.3 Å². The van der Waals surface area contributed by atoms with E-state index < -0.39 is 0 Å². The van der Waals surface area contributed by atoms with E-state index >= 15 is 0 Å². The Kier molecular flexibility index (Phi) is 5.29. The first-order valence-corrected chi connectivity index (χ1v) is 12.8. The number of carbonyl (C=O) groups excluding carboxylic acids is 2. The smallest absolute Gasteiger partial charge is 0.235 e. The van der Waals surface area contributed by atoms with Gasteiger partial charge in [0, 0.05) is 48.2 Å². The van der Waals surface area contributed by atoms with Crippen LogP contribution in [0.1, 0.15) is 48.9 Å². The summed E-state index contributed by atoms with van der Waals surface area (Å²) >= 11 is 0. The van der Waals surface area contributed by atoms with Crippen LogP contribution in [0.3, 0.4) is 0 Å². The van der Waals surface area contributed by atoms with Gasteiger partial charge in [-0.2, -0.15) is 0 Å². The Balaban J connectivity index is 1.18. The summed E-state index contributed by atoms with van der Waals surface area (Å²) in [5.41, 5.74) is 5.89. The van der Waals surface area contributed by atoms with E-state index in [1.807, 2.05) is 12.4 Å². The number of hydrogen-bond donors (Lipinski definition) is 0. The molecule has 0 spiro atoms. The molecule has 0 amide bonds. The highest BCUT2D eigenvalue weighted by Crippen LogP contribution is 2.32. The van der Waals surface area contributed by atoms with E-state index in [1.165, 1.54) is 0 Å². The summed E-state index contributed by atoms with van der Waals surface area (Å²) in [4.78, 5) is 34.8. The molecule has 6 heteroatoms. The molecule has 2 aliphatic heterocycles. The number of imidazole rings is 2. The summed E-state index contributed by atoms with van der Waals surface area (Å²) in [5, 5.41) is 0. The minimum Gasteiger partial charge on any atom is -0.274 e. The minimum absolute atomic E-state index is 0.0347. The molecule has 2 aliphatic rings. The summed E-state index contributed by atoms with van der Waals surface area (Å²) in [6.07, 6.45) is 5.18. The molecule has 4 heterocycles. The molecule has 0 bridgehead atoms. The number of hydrogen-bond acceptors (Lipinski definition) is 4. The fraction of sp³-hybridized carbons (Fsp3) is 0.333. The summed E-state index contributed by atoms with van der Waals surface area (Å²) in [7, 11) is 0. The Morgan fingerprint density at radius 2 is 0.944 bits per heavy atom. The Hall–Kier alpha value is -3.80. The van der Waals surface area contributed by atoms with Crippen LogP contribution >= 0.6 is 0 Å². The Morgan fingerprint density at radius 3 is 1.25 bits per heavy atom. The molecule has 0 saturated heterocycles. The molecule has 2 atom stereocenters. The van der Waals surface area contributed by atoms with Crippen LogP contribution in [0.4, 0.5) is 0 Å². The van der Waals surface area contributed by atoms with Crippen molar-refractivity contribution < 1.29 is 9.59 Å². The van der Waals surface area contributed by atoms with Crippen molar-refractivity contribution in [1.29, 1.82) is 0 Å². The molecule has 6 rings (SSSR count). The highest BCUT2D eigenvalue weighted by molar-refractivity contribution is 5.87. The second-order valence-corrected chi connectivity index (χ2v) is 10.8. The minimum atomic E-state index is 0.0347. The van der Waals surface area contributed by atoms with Crippen LogP contribution in [0.2, 0.25) is 0 Å². The van der Waals surface area contributed by atoms with E-state index in [4.69, 9.17) is 9.97 Å². The van der Waals surface area contributed by atoms with Crippen molar-refractivity contribution in [3.63, 3.8) is 0 Å². The first-order chi connectivity index (χ1) is 17.3. The molecule has 36 heavy (non-hydrogen) atoms. The molecule has 2 aromatic carbocycles. The molecular weight excluding hydrogens is 448 g/mol. The van der Waals surface area contributed by atoms with Gasteiger partial charge in [0.25, 0.3) is 0 Å². The van der Waals surface area contributed by atoms with Crippen LogP contribution in [0.25, 0.3) is 33.6 Å². The lowest BCUT2D eigenvalue weighted by molar-refractivity contribution is 0.0826. The normalized spacial score (nSPS) is 18.9. The molecule has 0 fully saturated rings. The van der Waals surface area contributed by atoms with Crippen molar-refractivity contribution in [3.8, 4) is 33.6 Å². The molecule has 0 saturated carbocycles. The Labute approximate surface area is 211 Å². The summed E-state index contributed by atoms with van der Waals surface area (Å²) in [6.45, 7) is 8.36. The van der Waals surface area contributed by atoms with E-state index in [2.05, 4.69) is 76.2 Å². The van der Waals surface area contributed by atoms with Gasteiger partial charge in [-0.3, -0.25) is 18.7 Å². The second-order valence-electron chi connectivity index (χ2n) is 10.8. The zero-order chi connectivity index (χ0) is 25.1. The maximum atomic E-state index is 12.7. The van der Waals surface area contributed by atoms with Crippen molar-refractivity contribution in [3.05, 3.63) is 72.6 Å². The van der Waals surface area contributed by atoms with Gasteiger partial charge >= 0.3 is 0 Å². The van der Waals surface area contributed by atoms with Gasteiger partial charge in [-0.1, -0.05) is 76.2 Å². The van der Waals surface area contributed by atoms with Crippen LogP contribution in [0, 0.1) is 23.7 Å². The standard InChI is InChI=1S/C30H30N4O2/c1-17(2)23-13-27-31-25(15-33(27)29(23)35)21-9-5-19(6-10-21)20-7-11-22(12-8-20)26-16-34-28(32-26)14-24(18(3)4)30(34)36/h5-12,15-18,23-24H,13-14H2,1-4H3. The zero-order valence-corrected chi connectivity index (χ0v) is 21.1. The van der Waals surface area contributed by atoms with Crippen LogP contribution in [-0.2, 0) is 12.8 Å². The monoisotopic (exact) mass is 478 g/mol. The summed E-state index contributed by atoms with van der Waals surface area (Å²) < 4.78 is 3.46. The Bertz CT molecular complexity index is 1360. The first kappa shape index (κ1) is 22.7. The van der Waals surface area contributed by atoms with Gasteiger partial charge in [0.15, 0.2) is 0 Å². The zero-order valence-electron chi connectivity index (χ0n) is 21.1. The number of aromatic nitrogens is 4. The topological polar surface area (TPSA) is 69.8 Å². The van der Waals surface area contributed by atoms with Gasteiger partial charge in [0.2, 0.25) is 11.8 Å². The van der Waals surface area contributed by atoms with Crippen molar-refractivity contribution >= 4 is 11.8 Å². The average molecular weight is 479 g/mol. The number of carbonyl (C=O) groups is 2. The molecule has 182 valence electrons. The lowest BCUT2D eigenvalue weighted by atomic mass is 9.94. The third-order valence-electron chi connectivity index (χ3n) is 7.78. The van der Waals surface area contributed by atoms with Gasteiger partial charge in [-0.25, -0.2) is 9.97 Å². The van der Waals surface area contributed by atoms with E-state index in [9.17, 15) is 9.59 Å². The number of benzene rings is 2. The molecule has 2 unspecified atom stereocenters. The molecule has 0 aliphatic carbocycles. The van der Waals surface area contributed by atoms with Crippen molar-refractivity contribution in [2.45, 2.75) is 40.5 Å². The first-order valence-electron chi connectivity index (χ1n) is 12.8. The Morgan fingerprint density at radius 1 is 0.611 bits per heavy atom. The summed E-state index contributed by atoms with van der Waals surface area (Å²) in [6, 6.07) is 16.6. The predicted octanol–water partition coefficient (Wildman–Crippen LogP) is 6.02. The number of fused-ring (bicyclic) bond motifs is 2. The molecule has 4 aromatic rings. The fourth-order valence-electron chi connectivity index (χ4n) is 5.42.